The van der Waals surface area contributed by atoms with Crippen LogP contribution in [0.1, 0.15) is 20.8 Å². The number of non-ortho nitro benzene ring substituents is 1. The van der Waals surface area contributed by atoms with Crippen LogP contribution in [0.15, 0.2) is 36.1 Å². The molecule has 0 saturated heterocycles. The van der Waals surface area contributed by atoms with Gasteiger partial charge in [0.1, 0.15) is 18.0 Å². The molecule has 7 nitrogen and oxygen atoms in total. The highest BCUT2D eigenvalue weighted by molar-refractivity contribution is 5.86. The molecule has 0 aliphatic rings. The van der Waals surface area contributed by atoms with E-state index >= 15 is 0 Å². The van der Waals surface area contributed by atoms with Crippen molar-refractivity contribution in [2.45, 2.75) is 26.4 Å². The molecule has 1 aromatic rings. The number of benzene rings is 1. The fourth-order valence-electron chi connectivity index (χ4n) is 1.29. The summed E-state index contributed by atoms with van der Waals surface area (Å²) in [6.45, 7) is 4.99. The van der Waals surface area contributed by atoms with E-state index in [-0.39, 0.29) is 12.3 Å². The van der Waals surface area contributed by atoms with Crippen LogP contribution in [0.5, 0.6) is 5.75 Å². The van der Waals surface area contributed by atoms with E-state index in [0.29, 0.717) is 5.75 Å². The first-order valence-electron chi connectivity index (χ1n) is 6.19. The third-order valence-electron chi connectivity index (χ3n) is 2.18. The molecular formula is C14H17NO6. The van der Waals surface area contributed by atoms with Crippen molar-refractivity contribution in [1.82, 2.24) is 0 Å². The van der Waals surface area contributed by atoms with E-state index in [0.717, 1.165) is 6.08 Å². The third kappa shape index (κ3) is 5.94. The minimum absolute atomic E-state index is 0.0468. The highest BCUT2D eigenvalue weighted by Crippen LogP contribution is 2.17. The molecule has 114 valence electrons. The van der Waals surface area contributed by atoms with Gasteiger partial charge in [0.15, 0.2) is 0 Å². The largest absolute Gasteiger partial charge is 0.502 e. The Bertz CT molecular complexity index is 542. The lowest BCUT2D eigenvalue weighted by molar-refractivity contribution is -0.384. The molecule has 1 N–H and O–H groups in total. The van der Waals surface area contributed by atoms with Crippen LogP contribution >= 0.6 is 0 Å². The van der Waals surface area contributed by atoms with Gasteiger partial charge in [-0.05, 0) is 32.9 Å². The summed E-state index contributed by atoms with van der Waals surface area (Å²) in [6.07, 6.45) is 1.16. The zero-order valence-electron chi connectivity index (χ0n) is 12.0. The lowest BCUT2D eigenvalue weighted by Gasteiger charge is -2.18. The molecule has 0 radical (unpaired) electrons. The van der Waals surface area contributed by atoms with E-state index < -0.39 is 22.3 Å². The average molecular weight is 295 g/mol. The predicted octanol–water partition coefficient (Wildman–Crippen LogP) is 2.76. The molecule has 0 aromatic heterocycles. The minimum Gasteiger partial charge on any atom is -0.502 e. The summed E-state index contributed by atoms with van der Waals surface area (Å²) in [5, 5.41) is 20.0. The van der Waals surface area contributed by atoms with E-state index in [2.05, 4.69) is 0 Å². The van der Waals surface area contributed by atoms with E-state index in [1.807, 2.05) is 0 Å². The number of carbonyl (C=O) groups excluding carboxylic acids is 1. The van der Waals surface area contributed by atoms with E-state index in [4.69, 9.17) is 9.47 Å². The summed E-state index contributed by atoms with van der Waals surface area (Å²) in [6, 6.07) is 5.45. The topological polar surface area (TPSA) is 98.9 Å². The summed E-state index contributed by atoms with van der Waals surface area (Å²) >= 11 is 0. The van der Waals surface area contributed by atoms with Gasteiger partial charge in [-0.25, -0.2) is 4.79 Å². The smallest absolute Gasteiger partial charge is 0.373 e. The zero-order valence-corrected chi connectivity index (χ0v) is 12.0. The van der Waals surface area contributed by atoms with Crippen LogP contribution in [0, 0.1) is 10.1 Å². The van der Waals surface area contributed by atoms with Crippen LogP contribution in [-0.4, -0.2) is 28.2 Å². The quantitative estimate of drug-likeness (QED) is 0.295. The van der Waals surface area contributed by atoms with Crippen LogP contribution in [0.4, 0.5) is 5.69 Å². The molecule has 0 heterocycles. The van der Waals surface area contributed by atoms with Crippen molar-refractivity contribution < 1.29 is 24.3 Å². The lowest BCUT2D eigenvalue weighted by Crippen LogP contribution is -2.25. The maximum Gasteiger partial charge on any atom is 0.373 e. The molecule has 0 bridgehead atoms. The monoisotopic (exact) mass is 295 g/mol. The van der Waals surface area contributed by atoms with Crippen molar-refractivity contribution in [3.05, 3.63) is 46.2 Å². The van der Waals surface area contributed by atoms with Gasteiger partial charge in [-0.15, -0.1) is 0 Å². The Morgan fingerprint density at radius 3 is 2.38 bits per heavy atom. The lowest BCUT2D eigenvalue weighted by atomic mass is 10.2. The molecule has 0 amide bonds. The number of esters is 1. The Morgan fingerprint density at radius 2 is 1.90 bits per heavy atom. The standard InChI is InChI=1S/C14H17NO6/c1-14(2,3)21-13(17)12(16)8-9-20-11-6-4-10(5-7-11)15(18)19/h4-8,16H,9H2,1-3H3. The van der Waals surface area contributed by atoms with Crippen LogP contribution < -0.4 is 4.74 Å². The molecule has 1 rings (SSSR count). The zero-order chi connectivity index (χ0) is 16.0. The number of nitro groups is 1. The van der Waals surface area contributed by atoms with Gasteiger partial charge in [-0.3, -0.25) is 10.1 Å². The SMILES string of the molecule is CC(C)(C)OC(=O)C(O)=CCOc1ccc([N+](=O)[O-])cc1. The van der Waals surface area contributed by atoms with Crippen molar-refractivity contribution in [3.63, 3.8) is 0 Å². The summed E-state index contributed by atoms with van der Waals surface area (Å²) in [5.74, 6) is -1.00. The second kappa shape index (κ2) is 6.74. The van der Waals surface area contributed by atoms with Crippen molar-refractivity contribution >= 4 is 11.7 Å². The molecule has 0 unspecified atom stereocenters. The maximum absolute atomic E-state index is 11.4. The molecule has 0 spiro atoms. The van der Waals surface area contributed by atoms with Gasteiger partial charge in [0, 0.05) is 18.2 Å². The Morgan fingerprint density at radius 1 is 1.33 bits per heavy atom. The summed E-state index contributed by atoms with van der Waals surface area (Å²) in [4.78, 5) is 21.4. The molecule has 0 atom stereocenters. The van der Waals surface area contributed by atoms with Gasteiger partial charge in [-0.1, -0.05) is 0 Å². The molecule has 0 aliphatic carbocycles. The van der Waals surface area contributed by atoms with E-state index in [1.54, 1.807) is 20.8 Å². The van der Waals surface area contributed by atoms with Gasteiger partial charge >= 0.3 is 5.97 Å². The number of ether oxygens (including phenoxy) is 2. The van der Waals surface area contributed by atoms with E-state index in [9.17, 15) is 20.0 Å². The van der Waals surface area contributed by atoms with E-state index in [1.165, 1.54) is 24.3 Å². The van der Waals surface area contributed by atoms with Crippen LogP contribution in [0.2, 0.25) is 0 Å². The first kappa shape index (κ1) is 16.5. The second-order valence-electron chi connectivity index (χ2n) is 5.15. The van der Waals surface area contributed by atoms with Gasteiger partial charge in [0.25, 0.3) is 5.69 Å². The van der Waals surface area contributed by atoms with Gasteiger partial charge < -0.3 is 14.6 Å². The second-order valence-corrected chi connectivity index (χ2v) is 5.15. The normalized spacial score (nSPS) is 11.9. The van der Waals surface area contributed by atoms with Crippen molar-refractivity contribution in [3.8, 4) is 5.75 Å². The van der Waals surface area contributed by atoms with Gasteiger partial charge in [-0.2, -0.15) is 0 Å². The Balaban J connectivity index is 2.53. The van der Waals surface area contributed by atoms with Crippen molar-refractivity contribution in [2.24, 2.45) is 0 Å². The first-order valence-corrected chi connectivity index (χ1v) is 6.19. The number of nitrogens with zero attached hydrogens (tertiary/aromatic N) is 1. The molecule has 0 aliphatic heterocycles. The average Bonchev–Trinajstić information content (AvgIpc) is 2.37. The van der Waals surface area contributed by atoms with Gasteiger partial charge in [0.2, 0.25) is 5.76 Å². The van der Waals surface area contributed by atoms with Crippen molar-refractivity contribution in [1.29, 1.82) is 0 Å². The highest BCUT2D eigenvalue weighted by Gasteiger charge is 2.19. The fraction of sp³-hybridized carbons (Fsp3) is 0.357. The number of hydrogen-bond acceptors (Lipinski definition) is 6. The molecular weight excluding hydrogens is 278 g/mol. The number of carbonyl (C=O) groups is 1. The number of rotatable bonds is 5. The maximum atomic E-state index is 11.4. The molecule has 21 heavy (non-hydrogen) atoms. The number of nitro benzene ring substituents is 1. The Hall–Kier alpha value is -2.57. The Kier molecular flexibility index (Phi) is 5.29. The minimum atomic E-state index is -0.838. The number of aliphatic hydroxyl groups is 1. The molecule has 7 heteroatoms. The first-order chi connectivity index (χ1) is 9.69. The van der Waals surface area contributed by atoms with Crippen LogP contribution in [0.3, 0.4) is 0 Å². The van der Waals surface area contributed by atoms with Crippen LogP contribution in [-0.2, 0) is 9.53 Å². The third-order valence-corrected chi connectivity index (χ3v) is 2.18. The Labute approximate surface area is 121 Å². The highest BCUT2D eigenvalue weighted by atomic mass is 16.6. The predicted molar refractivity (Wildman–Crippen MR) is 75.1 cm³/mol. The molecule has 1 aromatic carbocycles. The molecule has 0 saturated carbocycles. The number of aliphatic hydroxyl groups excluding tert-OH is 1. The number of hydrogen-bond donors (Lipinski definition) is 1. The van der Waals surface area contributed by atoms with Crippen molar-refractivity contribution in [2.75, 3.05) is 6.61 Å². The summed E-state index contributed by atoms with van der Waals surface area (Å²) < 4.78 is 10.2. The van der Waals surface area contributed by atoms with Crippen LogP contribution in [0.25, 0.3) is 0 Å². The molecule has 0 fully saturated rings. The fourth-order valence-corrected chi connectivity index (χ4v) is 1.29. The van der Waals surface area contributed by atoms with Gasteiger partial charge in [0.05, 0.1) is 4.92 Å². The summed E-state index contributed by atoms with van der Waals surface area (Å²) in [5.41, 5.74) is -0.743. The summed E-state index contributed by atoms with van der Waals surface area (Å²) in [7, 11) is 0.